The van der Waals surface area contributed by atoms with Crippen LogP contribution < -0.4 is 0 Å². The molecule has 0 spiro atoms. The Morgan fingerprint density at radius 1 is 0.810 bits per heavy atom. The molecule has 0 aromatic heterocycles. The molecule has 0 saturated carbocycles. The van der Waals surface area contributed by atoms with Crippen molar-refractivity contribution in [2.45, 2.75) is 33.1 Å². The lowest BCUT2D eigenvalue weighted by atomic mass is 9.97. The van der Waals surface area contributed by atoms with Crippen molar-refractivity contribution >= 4 is 11.6 Å². The van der Waals surface area contributed by atoms with Crippen molar-refractivity contribution in [3.8, 4) is 0 Å². The molecule has 0 saturated heterocycles. The van der Waals surface area contributed by atoms with Crippen LogP contribution in [0.15, 0.2) is 48.5 Å². The quantitative estimate of drug-likeness (QED) is 0.593. The third-order valence-corrected chi connectivity index (χ3v) is 3.59. The maximum absolute atomic E-state index is 12.2. The number of Topliss-reactive ketones (excluding diaryl/α,β-unsaturated/α-hetero) is 2. The van der Waals surface area contributed by atoms with Crippen LogP contribution in [-0.2, 0) is 0 Å². The van der Waals surface area contributed by atoms with Gasteiger partial charge in [0.2, 0.25) is 0 Å². The van der Waals surface area contributed by atoms with Gasteiger partial charge in [-0.15, -0.1) is 0 Å². The van der Waals surface area contributed by atoms with E-state index in [1.54, 1.807) is 24.3 Å². The molecule has 2 heteroatoms. The summed E-state index contributed by atoms with van der Waals surface area (Å²) in [4.78, 5) is 24.2. The van der Waals surface area contributed by atoms with Gasteiger partial charge in [0.15, 0.2) is 11.6 Å². The molecule has 2 rings (SSSR count). The van der Waals surface area contributed by atoms with Gasteiger partial charge in [0.25, 0.3) is 0 Å². The minimum absolute atomic E-state index is 0.0793. The number of ketones is 2. The first-order valence-electron chi connectivity index (χ1n) is 7.20. The fourth-order valence-corrected chi connectivity index (χ4v) is 2.14. The third kappa shape index (κ3) is 3.88. The predicted molar refractivity (Wildman–Crippen MR) is 85.0 cm³/mol. The minimum atomic E-state index is -0.132. The normalized spacial score (nSPS) is 10.7. The van der Waals surface area contributed by atoms with Crippen LogP contribution >= 0.6 is 0 Å². The van der Waals surface area contributed by atoms with Crippen molar-refractivity contribution in [3.63, 3.8) is 0 Å². The van der Waals surface area contributed by atoms with Gasteiger partial charge in [0.1, 0.15) is 0 Å². The number of benzene rings is 2. The van der Waals surface area contributed by atoms with Crippen LogP contribution in [0.2, 0.25) is 0 Å². The van der Waals surface area contributed by atoms with E-state index >= 15 is 0 Å². The fraction of sp³-hybridized carbons (Fsp3) is 0.263. The summed E-state index contributed by atoms with van der Waals surface area (Å²) in [7, 11) is 0. The molecule has 0 atom stereocenters. The molecule has 0 aliphatic rings. The topological polar surface area (TPSA) is 34.1 Å². The molecule has 2 nitrogen and oxygen atoms in total. The lowest BCUT2D eigenvalue weighted by Gasteiger charge is -2.06. The summed E-state index contributed by atoms with van der Waals surface area (Å²) in [6.45, 7) is 6.19. The Hall–Kier alpha value is -2.22. The Morgan fingerprint density at radius 3 is 1.67 bits per heavy atom. The van der Waals surface area contributed by atoms with E-state index in [0.29, 0.717) is 17.0 Å². The summed E-state index contributed by atoms with van der Waals surface area (Å²) in [5.74, 6) is 0.173. The highest BCUT2D eigenvalue weighted by atomic mass is 16.1. The Morgan fingerprint density at radius 2 is 1.24 bits per heavy atom. The van der Waals surface area contributed by atoms with Crippen LogP contribution in [0.25, 0.3) is 0 Å². The largest absolute Gasteiger partial charge is 0.294 e. The number of carbonyl (C=O) groups excluding carboxylic acids is 2. The summed E-state index contributed by atoms with van der Waals surface area (Å²) in [5.41, 5.74) is 3.48. The maximum Gasteiger partial charge on any atom is 0.170 e. The van der Waals surface area contributed by atoms with Crippen LogP contribution in [0.4, 0.5) is 0 Å². The smallest absolute Gasteiger partial charge is 0.170 e. The molecule has 0 heterocycles. The van der Waals surface area contributed by atoms with Crippen molar-refractivity contribution in [1.29, 1.82) is 0 Å². The molecule has 0 radical (unpaired) electrons. The van der Waals surface area contributed by atoms with Gasteiger partial charge in [0, 0.05) is 11.1 Å². The Labute approximate surface area is 125 Å². The summed E-state index contributed by atoms with van der Waals surface area (Å²) >= 11 is 0. The van der Waals surface area contributed by atoms with E-state index in [9.17, 15) is 9.59 Å². The minimum Gasteiger partial charge on any atom is -0.294 e. The second kappa shape index (κ2) is 6.49. The highest BCUT2D eigenvalue weighted by Crippen LogP contribution is 2.16. The van der Waals surface area contributed by atoms with Gasteiger partial charge in [-0.3, -0.25) is 9.59 Å². The van der Waals surface area contributed by atoms with E-state index in [-0.39, 0.29) is 18.0 Å². The van der Waals surface area contributed by atoms with Crippen LogP contribution in [0.1, 0.15) is 58.0 Å². The summed E-state index contributed by atoms with van der Waals surface area (Å²) in [6.07, 6.45) is -0.0793. The van der Waals surface area contributed by atoms with Crippen LogP contribution in [0.5, 0.6) is 0 Å². The summed E-state index contributed by atoms with van der Waals surface area (Å²) in [5, 5.41) is 0. The molecule has 0 amide bonds. The molecule has 0 N–H and O–H groups in total. The zero-order valence-electron chi connectivity index (χ0n) is 12.7. The Kier molecular flexibility index (Phi) is 4.69. The van der Waals surface area contributed by atoms with E-state index in [2.05, 4.69) is 13.8 Å². The molecular formula is C19H20O2. The van der Waals surface area contributed by atoms with Gasteiger partial charge in [-0.2, -0.15) is 0 Å². The number of carbonyl (C=O) groups is 2. The van der Waals surface area contributed by atoms with Gasteiger partial charge in [-0.25, -0.2) is 0 Å². The number of aryl methyl sites for hydroxylation is 1. The van der Waals surface area contributed by atoms with Crippen molar-refractivity contribution < 1.29 is 9.59 Å². The van der Waals surface area contributed by atoms with Gasteiger partial charge in [0.05, 0.1) is 6.42 Å². The van der Waals surface area contributed by atoms with Crippen LogP contribution in [-0.4, -0.2) is 11.6 Å². The number of hydrogen-bond donors (Lipinski definition) is 0. The summed E-state index contributed by atoms with van der Waals surface area (Å²) < 4.78 is 0. The first kappa shape index (κ1) is 15.2. The van der Waals surface area contributed by atoms with Gasteiger partial charge >= 0.3 is 0 Å². The Bertz CT molecular complexity index is 634. The monoisotopic (exact) mass is 280 g/mol. The molecule has 2 aromatic rings. The predicted octanol–water partition coefficient (Wildman–Crippen LogP) is 4.57. The molecule has 0 aliphatic carbocycles. The Balaban J connectivity index is 2.07. The van der Waals surface area contributed by atoms with Gasteiger partial charge in [-0.05, 0) is 18.4 Å². The molecule has 0 fully saturated rings. The van der Waals surface area contributed by atoms with E-state index in [1.807, 2.05) is 31.2 Å². The zero-order chi connectivity index (χ0) is 15.4. The zero-order valence-corrected chi connectivity index (χ0v) is 12.7. The molecule has 0 unspecified atom stereocenters. The van der Waals surface area contributed by atoms with E-state index in [1.165, 1.54) is 5.56 Å². The second-order valence-corrected chi connectivity index (χ2v) is 5.67. The second-order valence-electron chi connectivity index (χ2n) is 5.67. The molecule has 108 valence electrons. The SMILES string of the molecule is Cc1ccc(C(=O)CC(=O)c2ccc(C(C)C)cc2)cc1. The van der Waals surface area contributed by atoms with Crippen molar-refractivity contribution in [2.24, 2.45) is 0 Å². The molecule has 2 aromatic carbocycles. The highest BCUT2D eigenvalue weighted by molar-refractivity contribution is 6.13. The van der Waals surface area contributed by atoms with E-state index in [4.69, 9.17) is 0 Å². The number of hydrogen-bond acceptors (Lipinski definition) is 2. The first-order valence-corrected chi connectivity index (χ1v) is 7.20. The highest BCUT2D eigenvalue weighted by Gasteiger charge is 2.13. The van der Waals surface area contributed by atoms with Gasteiger partial charge in [-0.1, -0.05) is 67.9 Å². The molecule has 21 heavy (non-hydrogen) atoms. The molecular weight excluding hydrogens is 260 g/mol. The summed E-state index contributed by atoms with van der Waals surface area (Å²) in [6, 6.07) is 14.8. The van der Waals surface area contributed by atoms with E-state index in [0.717, 1.165) is 5.56 Å². The average molecular weight is 280 g/mol. The van der Waals surface area contributed by atoms with E-state index < -0.39 is 0 Å². The van der Waals surface area contributed by atoms with Crippen molar-refractivity contribution in [1.82, 2.24) is 0 Å². The lowest BCUT2D eigenvalue weighted by Crippen LogP contribution is -2.08. The fourth-order valence-electron chi connectivity index (χ4n) is 2.14. The van der Waals surface area contributed by atoms with Gasteiger partial charge < -0.3 is 0 Å². The van der Waals surface area contributed by atoms with Crippen LogP contribution in [0.3, 0.4) is 0 Å². The molecule has 0 bridgehead atoms. The van der Waals surface area contributed by atoms with Crippen LogP contribution in [0, 0.1) is 6.92 Å². The van der Waals surface area contributed by atoms with Crippen molar-refractivity contribution in [3.05, 3.63) is 70.8 Å². The third-order valence-electron chi connectivity index (χ3n) is 3.59. The standard InChI is InChI=1S/C19H20O2/c1-13(2)15-8-10-17(11-9-15)19(21)12-18(20)16-6-4-14(3)5-7-16/h4-11,13H,12H2,1-3H3. The van der Waals surface area contributed by atoms with Crippen molar-refractivity contribution in [2.75, 3.05) is 0 Å². The average Bonchev–Trinajstić information content (AvgIpc) is 2.47. The number of rotatable bonds is 5. The maximum atomic E-state index is 12.2. The lowest BCUT2D eigenvalue weighted by molar-refractivity contribution is 0.0894. The molecule has 0 aliphatic heterocycles. The first-order chi connectivity index (χ1) is 9.97.